The van der Waals surface area contributed by atoms with E-state index in [0.29, 0.717) is 17.1 Å². The molecule has 0 amide bonds. The van der Waals surface area contributed by atoms with E-state index in [1.807, 2.05) is 19.9 Å². The fourth-order valence-electron chi connectivity index (χ4n) is 1.67. The average Bonchev–Trinajstić information content (AvgIpc) is 2.40. The van der Waals surface area contributed by atoms with Gasteiger partial charge in [-0.1, -0.05) is 25.5 Å². The Balaban J connectivity index is 2.97. The van der Waals surface area contributed by atoms with Crippen molar-refractivity contribution in [2.75, 3.05) is 13.1 Å². The molecule has 100 valence electrons. The molecular weight excluding hydrogens is 255 g/mol. The quantitative estimate of drug-likeness (QED) is 0.724. The standard InChI is InChI=1S/C10H16F3NO2S/c1-8(2)9-5-3-4-6-14(7-9)17(15,16)10(11,12)13/h5,8H,3-4,6-7H2,1-2H3. The molecule has 0 aromatic heterocycles. The Hall–Kier alpha value is -0.560. The summed E-state index contributed by atoms with van der Waals surface area (Å²) in [5, 5.41) is 0. The van der Waals surface area contributed by atoms with E-state index < -0.39 is 15.5 Å². The highest BCUT2D eigenvalue weighted by Crippen LogP contribution is 2.29. The van der Waals surface area contributed by atoms with Crippen LogP contribution in [-0.4, -0.2) is 31.3 Å². The van der Waals surface area contributed by atoms with Crippen molar-refractivity contribution in [2.24, 2.45) is 5.92 Å². The minimum Gasteiger partial charge on any atom is -0.203 e. The van der Waals surface area contributed by atoms with Crippen LogP contribution in [0, 0.1) is 5.92 Å². The lowest BCUT2D eigenvalue weighted by Crippen LogP contribution is -2.42. The average molecular weight is 271 g/mol. The Morgan fingerprint density at radius 2 is 1.94 bits per heavy atom. The lowest BCUT2D eigenvalue weighted by atomic mass is 10.0. The maximum atomic E-state index is 12.4. The van der Waals surface area contributed by atoms with E-state index in [9.17, 15) is 21.6 Å². The van der Waals surface area contributed by atoms with Crippen LogP contribution in [0.15, 0.2) is 11.6 Å². The van der Waals surface area contributed by atoms with Crippen LogP contribution in [0.3, 0.4) is 0 Å². The first-order chi connectivity index (χ1) is 7.66. The monoisotopic (exact) mass is 271 g/mol. The van der Waals surface area contributed by atoms with Gasteiger partial charge in [0, 0.05) is 13.1 Å². The van der Waals surface area contributed by atoms with Gasteiger partial charge in [0.2, 0.25) is 0 Å². The summed E-state index contributed by atoms with van der Waals surface area (Å²) in [4.78, 5) is 0. The molecule has 1 aliphatic rings. The molecule has 1 aliphatic heterocycles. The zero-order chi connectivity index (χ0) is 13.3. The van der Waals surface area contributed by atoms with E-state index in [-0.39, 0.29) is 19.0 Å². The molecule has 0 fully saturated rings. The van der Waals surface area contributed by atoms with Gasteiger partial charge in [-0.3, -0.25) is 0 Å². The topological polar surface area (TPSA) is 37.4 Å². The zero-order valence-corrected chi connectivity index (χ0v) is 10.6. The number of hydrogen-bond donors (Lipinski definition) is 0. The van der Waals surface area contributed by atoms with Gasteiger partial charge in [0.1, 0.15) is 0 Å². The third-order valence-electron chi connectivity index (χ3n) is 2.75. The molecule has 0 N–H and O–H groups in total. The van der Waals surface area contributed by atoms with E-state index in [4.69, 9.17) is 0 Å². The first kappa shape index (κ1) is 14.5. The van der Waals surface area contributed by atoms with Gasteiger partial charge >= 0.3 is 15.5 Å². The fourth-order valence-corrected chi connectivity index (χ4v) is 2.65. The summed E-state index contributed by atoms with van der Waals surface area (Å²) in [6, 6.07) is 0. The van der Waals surface area contributed by atoms with Crippen LogP contribution >= 0.6 is 0 Å². The summed E-state index contributed by atoms with van der Waals surface area (Å²) in [5.41, 5.74) is -4.46. The molecule has 0 spiro atoms. The maximum absolute atomic E-state index is 12.4. The van der Waals surface area contributed by atoms with Gasteiger partial charge in [0.25, 0.3) is 0 Å². The summed E-state index contributed by atoms with van der Waals surface area (Å²) in [7, 11) is -5.20. The fraction of sp³-hybridized carbons (Fsp3) is 0.800. The Kier molecular flexibility index (Phi) is 4.24. The Morgan fingerprint density at radius 1 is 1.35 bits per heavy atom. The van der Waals surface area contributed by atoms with E-state index in [1.165, 1.54) is 0 Å². The number of halogens is 3. The Bertz CT molecular complexity index is 398. The second kappa shape index (κ2) is 4.97. The maximum Gasteiger partial charge on any atom is 0.511 e. The van der Waals surface area contributed by atoms with Crippen LogP contribution in [0.5, 0.6) is 0 Å². The van der Waals surface area contributed by atoms with Crippen molar-refractivity contribution in [3.63, 3.8) is 0 Å². The van der Waals surface area contributed by atoms with Crippen LogP contribution in [0.1, 0.15) is 26.7 Å². The highest BCUT2D eigenvalue weighted by molar-refractivity contribution is 7.90. The third-order valence-corrected chi connectivity index (χ3v) is 4.33. The van der Waals surface area contributed by atoms with Gasteiger partial charge in [0.15, 0.2) is 0 Å². The van der Waals surface area contributed by atoms with Crippen molar-refractivity contribution in [3.05, 3.63) is 11.6 Å². The molecule has 3 nitrogen and oxygen atoms in total. The number of alkyl halides is 3. The second-order valence-corrected chi connectivity index (χ2v) is 6.29. The predicted octanol–water partition coefficient (Wildman–Crippen LogP) is 2.51. The van der Waals surface area contributed by atoms with E-state index in [0.717, 1.165) is 5.57 Å². The van der Waals surface area contributed by atoms with Crippen molar-refractivity contribution in [2.45, 2.75) is 32.2 Å². The number of allylic oxidation sites excluding steroid dienone is 1. The summed E-state index contributed by atoms with van der Waals surface area (Å²) in [5.74, 6) is 0.0547. The molecule has 7 heteroatoms. The third kappa shape index (κ3) is 3.22. The van der Waals surface area contributed by atoms with Crippen molar-refractivity contribution in [3.8, 4) is 0 Å². The first-order valence-electron chi connectivity index (χ1n) is 5.41. The SMILES string of the molecule is CC(C)C1=CCCCN(S(=O)(=O)C(F)(F)F)C1. The van der Waals surface area contributed by atoms with Crippen LogP contribution in [0.4, 0.5) is 13.2 Å². The van der Waals surface area contributed by atoms with Crippen molar-refractivity contribution in [1.29, 1.82) is 0 Å². The molecule has 0 bridgehead atoms. The molecule has 0 atom stereocenters. The number of sulfonamides is 1. The van der Waals surface area contributed by atoms with E-state index in [2.05, 4.69) is 0 Å². The summed E-state index contributed by atoms with van der Waals surface area (Å²) in [6.45, 7) is 3.46. The highest BCUT2D eigenvalue weighted by Gasteiger charge is 2.50. The lowest BCUT2D eigenvalue weighted by molar-refractivity contribution is -0.0487. The van der Waals surface area contributed by atoms with Crippen molar-refractivity contribution < 1.29 is 21.6 Å². The molecule has 0 aromatic carbocycles. The molecule has 1 heterocycles. The summed E-state index contributed by atoms with van der Waals surface area (Å²) >= 11 is 0. The zero-order valence-electron chi connectivity index (χ0n) is 9.79. The van der Waals surface area contributed by atoms with Gasteiger partial charge in [-0.25, -0.2) is 8.42 Å². The largest absolute Gasteiger partial charge is 0.511 e. The van der Waals surface area contributed by atoms with Crippen LogP contribution < -0.4 is 0 Å². The molecule has 1 rings (SSSR count). The first-order valence-corrected chi connectivity index (χ1v) is 6.85. The highest BCUT2D eigenvalue weighted by atomic mass is 32.2. The van der Waals surface area contributed by atoms with Crippen LogP contribution in [0.25, 0.3) is 0 Å². The summed E-state index contributed by atoms with van der Waals surface area (Å²) < 4.78 is 60.4. The minimum atomic E-state index is -5.21. The number of rotatable bonds is 2. The van der Waals surface area contributed by atoms with Crippen molar-refractivity contribution >= 4 is 10.0 Å². The number of nitrogens with zero attached hydrogens (tertiary/aromatic N) is 1. The predicted molar refractivity (Wildman–Crippen MR) is 58.7 cm³/mol. The van der Waals surface area contributed by atoms with Gasteiger partial charge in [-0.2, -0.15) is 17.5 Å². The molecule has 0 aliphatic carbocycles. The van der Waals surface area contributed by atoms with E-state index in [1.54, 1.807) is 0 Å². The molecule has 0 saturated carbocycles. The van der Waals surface area contributed by atoms with E-state index >= 15 is 0 Å². The van der Waals surface area contributed by atoms with Gasteiger partial charge in [-0.05, 0) is 18.8 Å². The van der Waals surface area contributed by atoms with Crippen molar-refractivity contribution in [1.82, 2.24) is 4.31 Å². The van der Waals surface area contributed by atoms with Gasteiger partial charge in [-0.15, -0.1) is 0 Å². The Morgan fingerprint density at radius 3 is 2.41 bits per heavy atom. The van der Waals surface area contributed by atoms with Crippen LogP contribution in [0.2, 0.25) is 0 Å². The Labute approximate surface area is 99.3 Å². The molecule has 0 aromatic rings. The second-order valence-electron chi connectivity index (χ2n) is 4.36. The molecule has 0 saturated heterocycles. The number of hydrogen-bond acceptors (Lipinski definition) is 2. The molecular formula is C10H16F3NO2S. The normalized spacial score (nSPS) is 20.2. The molecule has 17 heavy (non-hydrogen) atoms. The molecule has 0 radical (unpaired) electrons. The molecule has 0 unspecified atom stereocenters. The smallest absolute Gasteiger partial charge is 0.203 e. The van der Waals surface area contributed by atoms with Crippen LogP contribution in [-0.2, 0) is 10.0 Å². The lowest BCUT2D eigenvalue weighted by Gasteiger charge is -2.23. The van der Waals surface area contributed by atoms with Gasteiger partial charge in [0.05, 0.1) is 0 Å². The minimum absolute atomic E-state index is 0.0547. The summed E-state index contributed by atoms with van der Waals surface area (Å²) in [6.07, 6.45) is 2.89. The van der Waals surface area contributed by atoms with Gasteiger partial charge < -0.3 is 0 Å².